The molecule has 0 bridgehead atoms. The number of hydrogen-bond acceptors (Lipinski definition) is 7. The molecule has 0 spiro atoms. The van der Waals surface area contributed by atoms with Crippen molar-refractivity contribution in [2.75, 3.05) is 11.9 Å². The molecule has 0 atom stereocenters. The number of hydrogen-bond donors (Lipinski definition) is 3. The van der Waals surface area contributed by atoms with Gasteiger partial charge in [0.25, 0.3) is 17.7 Å². The molecule has 1 aliphatic heterocycles. The fourth-order valence-corrected chi connectivity index (χ4v) is 3.64. The average Bonchev–Trinajstić information content (AvgIpc) is 3.52. The zero-order chi connectivity index (χ0) is 23.8. The van der Waals surface area contributed by atoms with Crippen molar-refractivity contribution in [1.29, 1.82) is 0 Å². The van der Waals surface area contributed by atoms with E-state index in [0.29, 0.717) is 22.5 Å². The van der Waals surface area contributed by atoms with E-state index < -0.39 is 30.3 Å². The first-order chi connectivity index (χ1) is 16.4. The minimum atomic E-state index is -0.826. The van der Waals surface area contributed by atoms with Crippen molar-refractivity contribution in [3.05, 3.63) is 87.7 Å². The lowest BCUT2D eigenvalue weighted by molar-refractivity contribution is -0.119. The Morgan fingerprint density at radius 3 is 2.53 bits per heavy atom. The van der Waals surface area contributed by atoms with Crippen LogP contribution in [0.1, 0.15) is 36.8 Å². The molecular formula is C23H16N4O7. The maximum atomic E-state index is 12.7. The number of benzene rings is 2. The van der Waals surface area contributed by atoms with E-state index in [2.05, 4.69) is 15.3 Å². The highest BCUT2D eigenvalue weighted by Gasteiger charge is 2.36. The van der Waals surface area contributed by atoms with Crippen molar-refractivity contribution in [3.63, 3.8) is 0 Å². The third kappa shape index (κ3) is 3.86. The molecule has 1 aliphatic rings. The van der Waals surface area contributed by atoms with E-state index in [9.17, 15) is 24.0 Å². The number of aromatic nitrogens is 2. The quantitative estimate of drug-likeness (QED) is 0.294. The van der Waals surface area contributed by atoms with Crippen molar-refractivity contribution >= 4 is 40.4 Å². The molecule has 5 rings (SSSR count). The summed E-state index contributed by atoms with van der Waals surface area (Å²) in [5.41, 5.74) is 1.40. The number of rotatable bonds is 6. The monoisotopic (exact) mass is 460 g/mol. The maximum Gasteiger partial charge on any atom is 0.338 e. The number of H-pyrrole nitrogens is 2. The zero-order valence-electron chi connectivity index (χ0n) is 17.4. The molecule has 0 unspecified atom stereocenters. The van der Waals surface area contributed by atoms with Gasteiger partial charge in [0.15, 0.2) is 6.61 Å². The molecule has 4 aromatic rings. The molecule has 3 heterocycles. The summed E-state index contributed by atoms with van der Waals surface area (Å²) < 4.78 is 10.2. The molecule has 170 valence electrons. The lowest BCUT2D eigenvalue weighted by atomic mass is 10.1. The van der Waals surface area contributed by atoms with Gasteiger partial charge in [-0.2, -0.15) is 0 Å². The molecule has 2 aromatic carbocycles. The van der Waals surface area contributed by atoms with Crippen molar-refractivity contribution in [1.82, 2.24) is 14.9 Å². The summed E-state index contributed by atoms with van der Waals surface area (Å²) >= 11 is 0. The van der Waals surface area contributed by atoms with Crippen LogP contribution in [0, 0.1) is 0 Å². The van der Waals surface area contributed by atoms with E-state index in [1.807, 2.05) is 0 Å². The topological polar surface area (TPSA) is 155 Å². The Kier molecular flexibility index (Phi) is 5.05. The number of aromatic amines is 2. The lowest BCUT2D eigenvalue weighted by Crippen LogP contribution is -2.28. The molecule has 3 N–H and O–H groups in total. The van der Waals surface area contributed by atoms with Crippen molar-refractivity contribution in [2.45, 2.75) is 6.54 Å². The Morgan fingerprint density at radius 1 is 0.941 bits per heavy atom. The number of ether oxygens (including phenoxy) is 1. The highest BCUT2D eigenvalue weighted by atomic mass is 16.5. The van der Waals surface area contributed by atoms with Gasteiger partial charge in [-0.25, -0.2) is 9.59 Å². The number of imide groups is 1. The lowest BCUT2D eigenvalue weighted by Gasteiger charge is -2.11. The smallest absolute Gasteiger partial charge is 0.338 e. The first-order valence-corrected chi connectivity index (χ1v) is 10.1. The number of carbonyl (C=O) groups is 4. The minimum Gasteiger partial charge on any atom is -0.467 e. The number of furan rings is 1. The number of amides is 3. The average molecular weight is 460 g/mol. The van der Waals surface area contributed by atoms with E-state index in [4.69, 9.17) is 9.15 Å². The number of nitrogens with zero attached hydrogens (tertiary/aromatic N) is 1. The van der Waals surface area contributed by atoms with Crippen LogP contribution in [0.4, 0.5) is 5.69 Å². The van der Waals surface area contributed by atoms with Crippen LogP contribution in [0.25, 0.3) is 11.0 Å². The molecule has 11 nitrogen and oxygen atoms in total. The van der Waals surface area contributed by atoms with Crippen LogP contribution >= 0.6 is 0 Å². The Balaban J connectivity index is 1.23. The Bertz CT molecular complexity index is 1510. The summed E-state index contributed by atoms with van der Waals surface area (Å²) in [6.45, 7) is -0.600. The van der Waals surface area contributed by atoms with Gasteiger partial charge < -0.3 is 24.4 Å². The van der Waals surface area contributed by atoms with Gasteiger partial charge in [0.1, 0.15) is 5.76 Å². The summed E-state index contributed by atoms with van der Waals surface area (Å²) in [7, 11) is 0. The number of anilines is 1. The molecule has 11 heteroatoms. The standard InChI is InChI=1S/C23H16N4O7/c28-19(24-13-4-6-17-18(9-13)26-23(32)25-17)11-34-22(31)12-3-5-15-16(8-12)21(30)27(20(15)29)10-14-2-1-7-33-14/h1-9H,10-11H2,(H,24,28)(H2,25,26,32). The van der Waals surface area contributed by atoms with Gasteiger partial charge in [-0.05, 0) is 48.5 Å². The number of imidazole rings is 1. The first kappa shape index (κ1) is 20.9. The number of fused-ring (bicyclic) bond motifs is 2. The Hall–Kier alpha value is -4.93. The summed E-state index contributed by atoms with van der Waals surface area (Å²) in [6.07, 6.45) is 1.44. The second-order valence-electron chi connectivity index (χ2n) is 7.50. The normalized spacial score (nSPS) is 12.8. The molecule has 0 fully saturated rings. The van der Waals surface area contributed by atoms with E-state index in [1.54, 1.807) is 30.3 Å². The van der Waals surface area contributed by atoms with E-state index in [-0.39, 0.29) is 28.9 Å². The number of esters is 1. The Morgan fingerprint density at radius 2 is 1.74 bits per heavy atom. The molecule has 0 radical (unpaired) electrons. The van der Waals surface area contributed by atoms with E-state index in [0.717, 1.165) is 4.90 Å². The number of carbonyl (C=O) groups excluding carboxylic acids is 4. The van der Waals surface area contributed by atoms with Crippen LogP contribution in [0.3, 0.4) is 0 Å². The van der Waals surface area contributed by atoms with Gasteiger partial charge in [0.05, 0.1) is 40.5 Å². The maximum absolute atomic E-state index is 12.7. The highest BCUT2D eigenvalue weighted by Crippen LogP contribution is 2.26. The van der Waals surface area contributed by atoms with Gasteiger partial charge in [0, 0.05) is 5.69 Å². The molecule has 0 aliphatic carbocycles. The zero-order valence-corrected chi connectivity index (χ0v) is 17.4. The van der Waals surface area contributed by atoms with Crippen molar-refractivity contribution in [2.24, 2.45) is 0 Å². The molecule has 2 aromatic heterocycles. The predicted octanol–water partition coefficient (Wildman–Crippen LogP) is 2.04. The second kappa shape index (κ2) is 8.20. The van der Waals surface area contributed by atoms with Crippen LogP contribution in [-0.2, 0) is 16.1 Å². The van der Waals surface area contributed by atoms with Crippen molar-refractivity contribution in [3.8, 4) is 0 Å². The van der Waals surface area contributed by atoms with Crippen LogP contribution in [0.5, 0.6) is 0 Å². The van der Waals surface area contributed by atoms with Gasteiger partial charge in [-0.3, -0.25) is 19.3 Å². The van der Waals surface area contributed by atoms with Gasteiger partial charge in [-0.15, -0.1) is 0 Å². The SMILES string of the molecule is O=C(COC(=O)c1ccc2c(c1)C(=O)N(Cc1ccco1)C2=O)Nc1ccc2[nH]c(=O)[nH]c2c1. The fourth-order valence-electron chi connectivity index (χ4n) is 3.64. The summed E-state index contributed by atoms with van der Waals surface area (Å²) in [5.74, 6) is -2.02. The molecule has 0 saturated carbocycles. The molecule has 34 heavy (non-hydrogen) atoms. The highest BCUT2D eigenvalue weighted by molar-refractivity contribution is 6.21. The van der Waals surface area contributed by atoms with E-state index >= 15 is 0 Å². The minimum absolute atomic E-state index is 0.0261. The largest absolute Gasteiger partial charge is 0.467 e. The van der Waals surface area contributed by atoms with E-state index in [1.165, 1.54) is 24.5 Å². The first-order valence-electron chi connectivity index (χ1n) is 10.1. The molecular weight excluding hydrogens is 444 g/mol. The summed E-state index contributed by atoms with van der Waals surface area (Å²) in [6, 6.07) is 12.1. The molecule has 0 saturated heterocycles. The van der Waals surface area contributed by atoms with Crippen LogP contribution in [0.2, 0.25) is 0 Å². The summed E-state index contributed by atoms with van der Waals surface area (Å²) in [5, 5.41) is 2.57. The predicted molar refractivity (Wildman–Crippen MR) is 117 cm³/mol. The second-order valence-corrected chi connectivity index (χ2v) is 7.50. The molecule has 3 amide bonds. The van der Waals surface area contributed by atoms with Crippen LogP contribution in [-0.4, -0.2) is 45.2 Å². The number of nitrogens with one attached hydrogen (secondary N) is 3. The van der Waals surface area contributed by atoms with Gasteiger partial charge in [-0.1, -0.05) is 0 Å². The third-order valence-electron chi connectivity index (χ3n) is 5.23. The fraction of sp³-hybridized carbons (Fsp3) is 0.0870. The van der Waals surface area contributed by atoms with Gasteiger partial charge >= 0.3 is 11.7 Å². The summed E-state index contributed by atoms with van der Waals surface area (Å²) in [4.78, 5) is 67.4. The van der Waals surface area contributed by atoms with Crippen LogP contribution in [0.15, 0.2) is 64.0 Å². The third-order valence-corrected chi connectivity index (χ3v) is 5.23. The van der Waals surface area contributed by atoms with Crippen molar-refractivity contribution < 1.29 is 28.3 Å². The van der Waals surface area contributed by atoms with Crippen LogP contribution < -0.4 is 11.0 Å². The van der Waals surface area contributed by atoms with Gasteiger partial charge in [0.2, 0.25) is 0 Å². The Labute approximate surface area is 190 Å².